The lowest BCUT2D eigenvalue weighted by molar-refractivity contribution is -0.117. The number of carbonyl (C=O) groups is 2. The first-order valence-electron chi connectivity index (χ1n) is 11.3. The van der Waals surface area contributed by atoms with Crippen molar-refractivity contribution in [2.75, 3.05) is 24.4 Å². The summed E-state index contributed by atoms with van der Waals surface area (Å²) >= 11 is 0. The molecular weight excluding hydrogens is 450 g/mol. The van der Waals surface area contributed by atoms with Gasteiger partial charge in [0.2, 0.25) is 11.8 Å². The monoisotopic (exact) mass is 475 g/mol. The van der Waals surface area contributed by atoms with Crippen LogP contribution in [0.25, 0.3) is 5.65 Å². The number of aryl methyl sites for hydroxylation is 1. The van der Waals surface area contributed by atoms with E-state index < -0.39 is 0 Å². The van der Waals surface area contributed by atoms with Gasteiger partial charge in [-0.1, -0.05) is 0 Å². The summed E-state index contributed by atoms with van der Waals surface area (Å²) in [6.45, 7) is 2.99. The van der Waals surface area contributed by atoms with E-state index >= 15 is 0 Å². The molecule has 0 atom stereocenters. The van der Waals surface area contributed by atoms with Crippen molar-refractivity contribution in [3.05, 3.63) is 60.0 Å². The van der Waals surface area contributed by atoms with Crippen molar-refractivity contribution in [3.63, 3.8) is 0 Å². The van der Waals surface area contributed by atoms with Crippen molar-refractivity contribution in [3.8, 4) is 11.6 Å². The standard InChI is InChI=1S/C24H25N7O4/c1-15-13-19(28-30(15)11-12-34-2)24(33)25-17-5-7-18(8-6-17)35-22-10-9-21-26-20(14-31(21)29-22)27-23(32)16-3-4-16/h5-10,13-14,16H,3-4,11-12H2,1-2H3,(H,25,33)(H,27,32). The molecule has 2 N–H and O–H groups in total. The van der Waals surface area contributed by atoms with Crippen LogP contribution in [0.15, 0.2) is 48.7 Å². The van der Waals surface area contributed by atoms with Crippen molar-refractivity contribution in [2.24, 2.45) is 5.92 Å². The van der Waals surface area contributed by atoms with Gasteiger partial charge in [-0.15, -0.1) is 5.10 Å². The highest BCUT2D eigenvalue weighted by Crippen LogP contribution is 2.30. The second-order valence-electron chi connectivity index (χ2n) is 8.33. The summed E-state index contributed by atoms with van der Waals surface area (Å²) in [6.07, 6.45) is 3.51. The van der Waals surface area contributed by atoms with Gasteiger partial charge in [-0.25, -0.2) is 9.50 Å². The molecule has 1 aliphatic rings. The number of fused-ring (bicyclic) bond motifs is 1. The lowest BCUT2D eigenvalue weighted by Crippen LogP contribution is -2.14. The van der Waals surface area contributed by atoms with Gasteiger partial charge in [0.15, 0.2) is 17.2 Å². The molecule has 3 aromatic heterocycles. The maximum atomic E-state index is 12.6. The van der Waals surface area contributed by atoms with Gasteiger partial charge in [0.05, 0.1) is 19.3 Å². The fourth-order valence-electron chi connectivity index (χ4n) is 3.50. The summed E-state index contributed by atoms with van der Waals surface area (Å²) in [6, 6.07) is 12.2. The van der Waals surface area contributed by atoms with Crippen molar-refractivity contribution < 1.29 is 19.1 Å². The second-order valence-corrected chi connectivity index (χ2v) is 8.33. The molecule has 0 aliphatic heterocycles. The van der Waals surface area contributed by atoms with Gasteiger partial charge in [0.25, 0.3) is 5.91 Å². The number of methoxy groups -OCH3 is 1. The van der Waals surface area contributed by atoms with Gasteiger partial charge in [-0.2, -0.15) is 5.10 Å². The summed E-state index contributed by atoms with van der Waals surface area (Å²) in [5.74, 6) is 1.18. The van der Waals surface area contributed by atoms with E-state index in [0.29, 0.717) is 47.6 Å². The lowest BCUT2D eigenvalue weighted by Gasteiger charge is -2.07. The lowest BCUT2D eigenvalue weighted by atomic mass is 10.3. The van der Waals surface area contributed by atoms with E-state index in [2.05, 4.69) is 25.8 Å². The maximum Gasteiger partial charge on any atom is 0.276 e. The molecule has 1 aliphatic carbocycles. The van der Waals surface area contributed by atoms with Crippen molar-refractivity contribution in [1.29, 1.82) is 0 Å². The number of nitrogens with zero attached hydrogens (tertiary/aromatic N) is 5. The number of rotatable bonds is 9. The third-order valence-electron chi connectivity index (χ3n) is 5.55. The molecule has 11 heteroatoms. The first-order chi connectivity index (χ1) is 17.0. The second kappa shape index (κ2) is 9.55. The van der Waals surface area contributed by atoms with Crippen molar-refractivity contribution in [2.45, 2.75) is 26.3 Å². The molecule has 11 nitrogen and oxygen atoms in total. The number of aromatic nitrogens is 5. The topological polar surface area (TPSA) is 125 Å². The molecule has 1 fully saturated rings. The highest BCUT2D eigenvalue weighted by molar-refractivity contribution is 6.02. The fraction of sp³-hybridized carbons (Fsp3) is 0.292. The zero-order chi connectivity index (χ0) is 24.4. The molecule has 0 unspecified atom stereocenters. The highest BCUT2D eigenvalue weighted by Gasteiger charge is 2.30. The van der Waals surface area contributed by atoms with Gasteiger partial charge in [-0.3, -0.25) is 14.3 Å². The van der Waals surface area contributed by atoms with E-state index in [9.17, 15) is 9.59 Å². The van der Waals surface area contributed by atoms with Crippen LogP contribution in [0.3, 0.4) is 0 Å². The average Bonchev–Trinajstić information content (AvgIpc) is 3.53. The van der Waals surface area contributed by atoms with Crippen LogP contribution in [0, 0.1) is 12.8 Å². The molecule has 5 rings (SSSR count). The fourth-order valence-corrected chi connectivity index (χ4v) is 3.50. The number of ether oxygens (including phenoxy) is 2. The summed E-state index contributed by atoms with van der Waals surface area (Å²) < 4.78 is 14.2. The molecule has 0 radical (unpaired) electrons. The van der Waals surface area contributed by atoms with E-state index in [-0.39, 0.29) is 17.7 Å². The van der Waals surface area contributed by atoms with Crippen LogP contribution in [-0.2, 0) is 16.1 Å². The predicted molar refractivity (Wildman–Crippen MR) is 128 cm³/mol. The number of anilines is 2. The Kier molecular flexibility index (Phi) is 6.15. The molecule has 180 valence electrons. The molecule has 4 aromatic rings. The number of benzene rings is 1. The van der Waals surface area contributed by atoms with Gasteiger partial charge >= 0.3 is 0 Å². The number of hydrogen-bond donors (Lipinski definition) is 2. The SMILES string of the molecule is COCCn1nc(C(=O)Nc2ccc(Oc3ccc4nc(NC(=O)C5CC5)cn4n3)cc2)cc1C. The van der Waals surface area contributed by atoms with Crippen LogP contribution in [0.2, 0.25) is 0 Å². The molecule has 1 saturated carbocycles. The summed E-state index contributed by atoms with van der Waals surface area (Å²) in [4.78, 5) is 28.9. The summed E-state index contributed by atoms with van der Waals surface area (Å²) in [5.41, 5.74) is 2.43. The molecule has 2 amide bonds. The van der Waals surface area contributed by atoms with Crippen LogP contribution in [0.5, 0.6) is 11.6 Å². The maximum absolute atomic E-state index is 12.6. The van der Waals surface area contributed by atoms with Gasteiger partial charge in [0.1, 0.15) is 5.75 Å². The quantitative estimate of drug-likeness (QED) is 0.381. The first-order valence-corrected chi connectivity index (χ1v) is 11.3. The van der Waals surface area contributed by atoms with Crippen molar-refractivity contribution in [1.82, 2.24) is 24.4 Å². The van der Waals surface area contributed by atoms with Crippen LogP contribution in [0.1, 0.15) is 29.0 Å². The van der Waals surface area contributed by atoms with E-state index in [1.165, 1.54) is 0 Å². The van der Waals surface area contributed by atoms with Crippen LogP contribution >= 0.6 is 0 Å². The summed E-state index contributed by atoms with van der Waals surface area (Å²) in [7, 11) is 1.62. The van der Waals surface area contributed by atoms with Crippen LogP contribution < -0.4 is 15.4 Å². The molecular formula is C24H25N7O4. The van der Waals surface area contributed by atoms with Crippen molar-refractivity contribution >= 4 is 29.0 Å². The molecule has 35 heavy (non-hydrogen) atoms. The van der Waals surface area contributed by atoms with Gasteiger partial charge < -0.3 is 20.1 Å². The van der Waals surface area contributed by atoms with E-state index in [1.54, 1.807) is 65.0 Å². The average molecular weight is 476 g/mol. The predicted octanol–water partition coefficient (Wildman–Crippen LogP) is 3.27. The van der Waals surface area contributed by atoms with E-state index in [0.717, 1.165) is 18.5 Å². The molecule has 0 spiro atoms. The number of amides is 2. The van der Waals surface area contributed by atoms with Gasteiger partial charge in [-0.05, 0) is 56.2 Å². The Balaban J connectivity index is 1.21. The number of hydrogen-bond acceptors (Lipinski definition) is 7. The van der Waals surface area contributed by atoms with Crippen LogP contribution in [-0.4, -0.2) is 49.9 Å². The van der Waals surface area contributed by atoms with Crippen LogP contribution in [0.4, 0.5) is 11.5 Å². The molecule has 0 bridgehead atoms. The Hall–Kier alpha value is -4.25. The zero-order valence-corrected chi connectivity index (χ0v) is 19.4. The Bertz CT molecular complexity index is 1370. The number of nitrogens with one attached hydrogen (secondary N) is 2. The first kappa shape index (κ1) is 22.5. The molecule has 0 saturated heterocycles. The Morgan fingerprint density at radius 1 is 1.09 bits per heavy atom. The molecule has 3 heterocycles. The zero-order valence-electron chi connectivity index (χ0n) is 19.4. The third kappa shape index (κ3) is 5.30. The third-order valence-corrected chi connectivity index (χ3v) is 5.55. The Morgan fingerprint density at radius 3 is 2.63 bits per heavy atom. The van der Waals surface area contributed by atoms with E-state index in [4.69, 9.17) is 9.47 Å². The minimum Gasteiger partial charge on any atom is -0.438 e. The van der Waals surface area contributed by atoms with E-state index in [1.807, 2.05) is 6.92 Å². The number of carbonyl (C=O) groups excluding carboxylic acids is 2. The smallest absolute Gasteiger partial charge is 0.276 e. The summed E-state index contributed by atoms with van der Waals surface area (Å²) in [5, 5.41) is 14.4. The minimum absolute atomic E-state index is 0.00774. The van der Waals surface area contributed by atoms with Gasteiger partial charge in [0, 0.05) is 30.5 Å². The minimum atomic E-state index is -0.297. The Labute approximate surface area is 201 Å². The largest absolute Gasteiger partial charge is 0.438 e. The Morgan fingerprint density at radius 2 is 1.89 bits per heavy atom. The number of imidazole rings is 1. The highest BCUT2D eigenvalue weighted by atomic mass is 16.5. The normalized spacial score (nSPS) is 13.1. The molecule has 1 aromatic carbocycles.